The topological polar surface area (TPSA) is 105 Å². The van der Waals surface area contributed by atoms with E-state index in [9.17, 15) is 19.5 Å². The zero-order chi connectivity index (χ0) is 24.4. The number of hydrogen-bond acceptors (Lipinski definition) is 4. The molecule has 35 heavy (non-hydrogen) atoms. The normalized spacial score (nSPS) is 25.0. The second-order valence-electron chi connectivity index (χ2n) is 9.99. The van der Waals surface area contributed by atoms with Crippen LogP contribution in [0.5, 0.6) is 0 Å². The summed E-state index contributed by atoms with van der Waals surface area (Å²) in [6, 6.07) is 16.1. The predicted molar refractivity (Wildman–Crippen MR) is 131 cm³/mol. The Morgan fingerprint density at radius 2 is 1.49 bits per heavy atom. The van der Waals surface area contributed by atoms with Crippen LogP contribution in [0.25, 0.3) is 11.1 Å². The number of alkyl carbamates (subject to hydrolysis) is 1. The molecular weight excluding hydrogens is 444 g/mol. The van der Waals surface area contributed by atoms with E-state index < -0.39 is 12.1 Å². The van der Waals surface area contributed by atoms with Crippen LogP contribution >= 0.6 is 0 Å². The van der Waals surface area contributed by atoms with Crippen molar-refractivity contribution in [3.8, 4) is 11.1 Å². The third-order valence-electron chi connectivity index (χ3n) is 8.01. The van der Waals surface area contributed by atoms with Gasteiger partial charge < -0.3 is 20.5 Å². The Bertz CT molecular complexity index is 1070. The first-order chi connectivity index (χ1) is 17.0. The van der Waals surface area contributed by atoms with Crippen LogP contribution in [0.1, 0.15) is 55.6 Å². The van der Waals surface area contributed by atoms with Gasteiger partial charge in [0.1, 0.15) is 6.61 Å². The number of carbonyl (C=O) groups excluding carboxylic acids is 2. The Labute approximate surface area is 205 Å². The van der Waals surface area contributed by atoms with E-state index in [1.807, 2.05) is 24.3 Å². The van der Waals surface area contributed by atoms with E-state index in [2.05, 4.69) is 34.9 Å². The van der Waals surface area contributed by atoms with Crippen molar-refractivity contribution < 1.29 is 24.2 Å². The summed E-state index contributed by atoms with van der Waals surface area (Å²) in [5, 5.41) is 15.2. The second kappa shape index (κ2) is 10.1. The molecule has 0 bridgehead atoms. The minimum Gasteiger partial charge on any atom is -0.481 e. The monoisotopic (exact) mass is 476 g/mol. The molecule has 7 nitrogen and oxygen atoms in total. The molecule has 2 fully saturated rings. The molecule has 5 rings (SSSR count). The molecule has 0 aliphatic heterocycles. The molecule has 184 valence electrons. The average Bonchev–Trinajstić information content (AvgIpc) is 3.59. The summed E-state index contributed by atoms with van der Waals surface area (Å²) < 4.78 is 5.66. The number of fused-ring (bicyclic) bond motifs is 3. The summed E-state index contributed by atoms with van der Waals surface area (Å²) in [7, 11) is 0. The van der Waals surface area contributed by atoms with E-state index >= 15 is 0 Å². The third kappa shape index (κ3) is 4.77. The number of carbonyl (C=O) groups is 3. The zero-order valence-electron chi connectivity index (χ0n) is 19.7. The Kier molecular flexibility index (Phi) is 6.75. The molecule has 2 aromatic rings. The van der Waals surface area contributed by atoms with Crippen molar-refractivity contribution in [1.82, 2.24) is 10.6 Å². The van der Waals surface area contributed by atoms with Gasteiger partial charge in [-0.05, 0) is 53.9 Å². The minimum absolute atomic E-state index is 0.00980. The van der Waals surface area contributed by atoms with Crippen molar-refractivity contribution in [2.24, 2.45) is 17.8 Å². The zero-order valence-corrected chi connectivity index (χ0v) is 19.7. The molecule has 0 saturated heterocycles. The van der Waals surface area contributed by atoms with Crippen molar-refractivity contribution >= 4 is 18.0 Å². The first kappa shape index (κ1) is 23.4. The molecule has 2 amide bonds. The lowest BCUT2D eigenvalue weighted by atomic mass is 9.95. The second-order valence-corrected chi connectivity index (χ2v) is 9.99. The maximum Gasteiger partial charge on any atom is 0.407 e. The molecule has 0 aromatic heterocycles. The van der Waals surface area contributed by atoms with Crippen LogP contribution in [0, 0.1) is 17.8 Å². The van der Waals surface area contributed by atoms with Gasteiger partial charge in [-0.15, -0.1) is 0 Å². The molecule has 3 aliphatic carbocycles. The van der Waals surface area contributed by atoms with Gasteiger partial charge in [0.2, 0.25) is 5.91 Å². The van der Waals surface area contributed by atoms with Gasteiger partial charge in [0.15, 0.2) is 0 Å². The predicted octanol–water partition coefficient (Wildman–Crippen LogP) is 4.31. The van der Waals surface area contributed by atoms with E-state index in [-0.39, 0.29) is 42.2 Å². The molecule has 2 saturated carbocycles. The van der Waals surface area contributed by atoms with Crippen LogP contribution in [0.4, 0.5) is 4.79 Å². The highest BCUT2D eigenvalue weighted by molar-refractivity contribution is 5.81. The van der Waals surface area contributed by atoms with E-state index in [0.29, 0.717) is 19.4 Å². The number of carboxylic acid groups (broad SMARTS) is 1. The number of aliphatic carboxylic acids is 1. The quantitative estimate of drug-likeness (QED) is 0.552. The fourth-order valence-electron chi connectivity index (χ4n) is 6.21. The molecule has 3 N–H and O–H groups in total. The van der Waals surface area contributed by atoms with Crippen molar-refractivity contribution in [2.45, 2.75) is 50.5 Å². The van der Waals surface area contributed by atoms with Crippen LogP contribution in [-0.4, -0.2) is 42.3 Å². The molecule has 0 unspecified atom stereocenters. The summed E-state index contributed by atoms with van der Waals surface area (Å²) in [4.78, 5) is 37.0. The fraction of sp³-hybridized carbons (Fsp3) is 0.464. The lowest BCUT2D eigenvalue weighted by Gasteiger charge is -2.23. The van der Waals surface area contributed by atoms with Gasteiger partial charge in [0.25, 0.3) is 0 Å². The van der Waals surface area contributed by atoms with Gasteiger partial charge in [-0.3, -0.25) is 9.59 Å². The number of amides is 2. The highest BCUT2D eigenvalue weighted by Gasteiger charge is 2.37. The van der Waals surface area contributed by atoms with Crippen LogP contribution in [0.2, 0.25) is 0 Å². The van der Waals surface area contributed by atoms with E-state index in [1.54, 1.807) is 0 Å². The minimum atomic E-state index is -0.780. The summed E-state index contributed by atoms with van der Waals surface area (Å²) in [5.41, 5.74) is 4.67. The first-order valence-corrected chi connectivity index (χ1v) is 12.6. The van der Waals surface area contributed by atoms with Crippen molar-refractivity contribution in [1.29, 1.82) is 0 Å². The summed E-state index contributed by atoms with van der Waals surface area (Å²) >= 11 is 0. The molecule has 0 radical (unpaired) electrons. The highest BCUT2D eigenvalue weighted by atomic mass is 16.5. The van der Waals surface area contributed by atoms with E-state index in [1.165, 1.54) is 11.1 Å². The van der Waals surface area contributed by atoms with Gasteiger partial charge in [0.05, 0.1) is 11.8 Å². The van der Waals surface area contributed by atoms with Crippen molar-refractivity contribution in [3.05, 3.63) is 59.7 Å². The molecule has 0 heterocycles. The summed E-state index contributed by atoms with van der Waals surface area (Å²) in [6.07, 6.45) is 4.16. The van der Waals surface area contributed by atoms with Crippen LogP contribution in [0.15, 0.2) is 48.5 Å². The highest BCUT2D eigenvalue weighted by Crippen LogP contribution is 2.44. The number of rotatable bonds is 7. The molecule has 4 atom stereocenters. The maximum absolute atomic E-state index is 12.9. The Balaban J connectivity index is 1.15. The van der Waals surface area contributed by atoms with E-state index in [0.717, 1.165) is 36.8 Å². The standard InChI is InChI=1S/C28H32N2O5/c31-26(29-15-17-7-5-12-18(17)27(32)33)23-13-6-14-25(23)30-28(34)35-16-24-21-10-3-1-8-19(21)20-9-2-4-11-22(20)24/h1-4,8-11,17-18,23-25H,5-7,12-16H2,(H,29,31)(H,30,34)(H,32,33)/t17-,18-,23-,25+/m0/s1. The molecule has 2 aromatic carbocycles. The average molecular weight is 477 g/mol. The molecular formula is C28H32N2O5. The van der Waals surface area contributed by atoms with Crippen LogP contribution in [-0.2, 0) is 14.3 Å². The molecule has 0 spiro atoms. The lowest BCUT2D eigenvalue weighted by molar-refractivity contribution is -0.143. The number of ether oxygens (including phenoxy) is 1. The van der Waals surface area contributed by atoms with Crippen molar-refractivity contribution in [3.63, 3.8) is 0 Å². The third-order valence-corrected chi connectivity index (χ3v) is 8.01. The Hall–Kier alpha value is -3.35. The van der Waals surface area contributed by atoms with Gasteiger partial charge in [-0.2, -0.15) is 0 Å². The fourth-order valence-corrected chi connectivity index (χ4v) is 6.21. The summed E-state index contributed by atoms with van der Waals surface area (Å²) in [5.74, 6) is -1.62. The van der Waals surface area contributed by atoms with Crippen LogP contribution in [0.3, 0.4) is 0 Å². The first-order valence-electron chi connectivity index (χ1n) is 12.6. The smallest absolute Gasteiger partial charge is 0.407 e. The number of carboxylic acids is 1. The van der Waals surface area contributed by atoms with Gasteiger partial charge in [-0.1, -0.05) is 61.4 Å². The summed E-state index contributed by atoms with van der Waals surface area (Å²) in [6.45, 7) is 0.617. The van der Waals surface area contributed by atoms with Gasteiger partial charge >= 0.3 is 12.1 Å². The lowest BCUT2D eigenvalue weighted by Crippen LogP contribution is -2.45. The molecule has 3 aliphatic rings. The maximum atomic E-state index is 12.9. The van der Waals surface area contributed by atoms with E-state index in [4.69, 9.17) is 4.74 Å². The number of hydrogen-bond donors (Lipinski definition) is 3. The van der Waals surface area contributed by atoms with Gasteiger partial charge in [0, 0.05) is 18.5 Å². The molecule has 7 heteroatoms. The Morgan fingerprint density at radius 1 is 0.857 bits per heavy atom. The largest absolute Gasteiger partial charge is 0.481 e. The van der Waals surface area contributed by atoms with Crippen molar-refractivity contribution in [2.75, 3.05) is 13.2 Å². The number of benzene rings is 2. The van der Waals surface area contributed by atoms with Crippen LogP contribution < -0.4 is 10.6 Å². The SMILES string of the molecule is O=C(N[C@@H]1CCC[C@@H]1C(=O)NC[C@@H]1CCC[C@@H]1C(=O)O)OCC1c2ccccc2-c2ccccc21. The van der Waals surface area contributed by atoms with Gasteiger partial charge in [-0.25, -0.2) is 4.79 Å². The Morgan fingerprint density at radius 3 is 2.17 bits per heavy atom. The number of nitrogens with one attached hydrogen (secondary N) is 2.